The molecule has 0 spiro atoms. The maximum absolute atomic E-state index is 11.8. The molecule has 0 fully saturated rings. The lowest BCUT2D eigenvalue weighted by molar-refractivity contribution is -0.118. The molecule has 1 aromatic carbocycles. The number of nitrogens with one attached hydrogen (secondary N) is 1. The number of nitrogen functional groups attached to an aromatic ring is 1. The van der Waals surface area contributed by atoms with Crippen LogP contribution >= 0.6 is 34.7 Å². The van der Waals surface area contributed by atoms with Crippen LogP contribution in [0.1, 0.15) is 11.3 Å². The highest BCUT2D eigenvalue weighted by molar-refractivity contribution is 8.01. The van der Waals surface area contributed by atoms with E-state index in [1.165, 1.54) is 23.1 Å². The van der Waals surface area contributed by atoms with E-state index in [9.17, 15) is 4.79 Å². The molecule has 3 N–H and O–H groups in total. The van der Waals surface area contributed by atoms with Gasteiger partial charge in [-0.3, -0.25) is 4.79 Å². The Morgan fingerprint density at radius 2 is 2.25 bits per heavy atom. The Balaban J connectivity index is 1.82. The van der Waals surface area contributed by atoms with Gasteiger partial charge in [-0.2, -0.15) is 0 Å². The molecule has 4 nitrogen and oxygen atoms in total. The monoisotopic (exact) mass is 327 g/mol. The second kappa shape index (κ2) is 6.97. The number of thioether (sulfide) groups is 1. The van der Waals surface area contributed by atoms with Crippen LogP contribution in [0.15, 0.2) is 28.5 Å². The fourth-order valence-corrected chi connectivity index (χ4v) is 3.61. The minimum Gasteiger partial charge on any atom is -0.375 e. The molecule has 0 saturated heterocycles. The number of nitrogens with two attached hydrogens (primary N) is 1. The predicted molar refractivity (Wildman–Crippen MR) is 85.3 cm³/mol. The zero-order valence-corrected chi connectivity index (χ0v) is 13.2. The second-order valence-electron chi connectivity index (χ2n) is 4.08. The van der Waals surface area contributed by atoms with E-state index in [-0.39, 0.29) is 5.91 Å². The lowest BCUT2D eigenvalue weighted by Crippen LogP contribution is -2.24. The zero-order chi connectivity index (χ0) is 14.5. The van der Waals surface area contributed by atoms with E-state index < -0.39 is 0 Å². The Bertz CT molecular complexity index is 615. The van der Waals surface area contributed by atoms with Crippen LogP contribution in [-0.2, 0) is 11.3 Å². The number of anilines is 1. The summed E-state index contributed by atoms with van der Waals surface area (Å²) in [7, 11) is 0. The Labute approximate surface area is 130 Å². The van der Waals surface area contributed by atoms with Gasteiger partial charge in [0.1, 0.15) is 0 Å². The quantitative estimate of drug-likeness (QED) is 0.828. The third-order valence-electron chi connectivity index (χ3n) is 2.54. The van der Waals surface area contributed by atoms with Crippen LogP contribution in [0.5, 0.6) is 0 Å². The summed E-state index contributed by atoms with van der Waals surface area (Å²) in [5.74, 6) is 0.300. The van der Waals surface area contributed by atoms with Crippen LogP contribution in [0.3, 0.4) is 0 Å². The summed E-state index contributed by atoms with van der Waals surface area (Å²) < 4.78 is 0.982. The number of hydrogen-bond donors (Lipinski definition) is 2. The van der Waals surface area contributed by atoms with E-state index in [0.717, 1.165) is 15.5 Å². The number of halogens is 1. The summed E-state index contributed by atoms with van der Waals surface area (Å²) in [6.45, 7) is 2.32. The summed E-state index contributed by atoms with van der Waals surface area (Å²) >= 11 is 8.88. The van der Waals surface area contributed by atoms with Gasteiger partial charge in [-0.15, -0.1) is 11.8 Å². The molecule has 1 aromatic heterocycles. The van der Waals surface area contributed by atoms with Gasteiger partial charge in [0.25, 0.3) is 0 Å². The van der Waals surface area contributed by atoms with Crippen LogP contribution < -0.4 is 11.1 Å². The van der Waals surface area contributed by atoms with E-state index in [2.05, 4.69) is 10.3 Å². The number of amides is 1. The summed E-state index contributed by atoms with van der Waals surface area (Å²) in [6.07, 6.45) is 0. The lowest BCUT2D eigenvalue weighted by atomic mass is 10.2. The van der Waals surface area contributed by atoms with Gasteiger partial charge in [0.15, 0.2) is 5.13 Å². The fraction of sp³-hybridized carbons (Fsp3) is 0.231. The first-order chi connectivity index (χ1) is 9.56. The highest BCUT2D eigenvalue weighted by atomic mass is 35.5. The molecule has 0 bridgehead atoms. The number of rotatable bonds is 5. The molecule has 0 aliphatic heterocycles. The fourth-order valence-electron chi connectivity index (χ4n) is 1.55. The number of aryl methyl sites for hydroxylation is 1. The van der Waals surface area contributed by atoms with Crippen molar-refractivity contribution in [3.8, 4) is 0 Å². The largest absolute Gasteiger partial charge is 0.375 e. The van der Waals surface area contributed by atoms with Crippen molar-refractivity contribution in [3.05, 3.63) is 40.5 Å². The van der Waals surface area contributed by atoms with Gasteiger partial charge in [-0.1, -0.05) is 41.1 Å². The number of hydrogen-bond acceptors (Lipinski definition) is 5. The maximum Gasteiger partial charge on any atom is 0.230 e. The number of carbonyl (C=O) groups is 1. The molecule has 20 heavy (non-hydrogen) atoms. The zero-order valence-electron chi connectivity index (χ0n) is 10.9. The van der Waals surface area contributed by atoms with E-state index in [1.807, 2.05) is 25.1 Å². The average molecular weight is 328 g/mol. The lowest BCUT2D eigenvalue weighted by Gasteiger charge is -2.06. The standard InChI is InChI=1S/C13H14ClN3OS2/c1-8-12(20-13(15)17-8)19-7-11(18)16-6-9-4-2-3-5-10(9)14/h2-5H,6-7H2,1H3,(H2,15,17)(H,16,18). The Morgan fingerprint density at radius 1 is 1.50 bits per heavy atom. The summed E-state index contributed by atoms with van der Waals surface area (Å²) in [5, 5.41) is 4.03. The molecule has 7 heteroatoms. The Morgan fingerprint density at radius 3 is 2.90 bits per heavy atom. The van der Waals surface area contributed by atoms with Crippen molar-refractivity contribution in [1.82, 2.24) is 10.3 Å². The molecule has 0 radical (unpaired) electrons. The number of aromatic nitrogens is 1. The van der Waals surface area contributed by atoms with Crippen LogP contribution in [0.4, 0.5) is 5.13 Å². The first-order valence-corrected chi connectivity index (χ1v) is 8.10. The topological polar surface area (TPSA) is 68.0 Å². The van der Waals surface area contributed by atoms with E-state index in [4.69, 9.17) is 17.3 Å². The van der Waals surface area contributed by atoms with Gasteiger partial charge < -0.3 is 11.1 Å². The van der Waals surface area contributed by atoms with E-state index >= 15 is 0 Å². The SMILES string of the molecule is Cc1nc(N)sc1SCC(=O)NCc1ccccc1Cl. The van der Waals surface area contributed by atoms with Crippen LogP contribution in [-0.4, -0.2) is 16.6 Å². The molecule has 1 amide bonds. The smallest absolute Gasteiger partial charge is 0.230 e. The molecule has 106 valence electrons. The number of nitrogens with zero attached hydrogens (tertiary/aromatic N) is 1. The van der Waals surface area contributed by atoms with Crippen molar-refractivity contribution in [2.75, 3.05) is 11.5 Å². The summed E-state index contributed by atoms with van der Waals surface area (Å²) in [5.41, 5.74) is 7.40. The Hall–Kier alpha value is -1.24. The van der Waals surface area contributed by atoms with Crippen molar-refractivity contribution in [2.45, 2.75) is 17.7 Å². The van der Waals surface area contributed by atoms with Gasteiger partial charge in [-0.05, 0) is 18.6 Å². The molecule has 0 unspecified atom stereocenters. The van der Waals surface area contributed by atoms with Gasteiger partial charge in [-0.25, -0.2) is 4.98 Å². The van der Waals surface area contributed by atoms with Crippen LogP contribution in [0.2, 0.25) is 5.02 Å². The van der Waals surface area contributed by atoms with Crippen molar-refractivity contribution >= 4 is 45.7 Å². The minimum atomic E-state index is -0.0405. The molecule has 1 heterocycles. The van der Waals surface area contributed by atoms with Gasteiger partial charge in [0.2, 0.25) is 5.91 Å². The summed E-state index contributed by atoms with van der Waals surface area (Å²) in [6, 6.07) is 7.46. The van der Waals surface area contributed by atoms with Crippen LogP contribution in [0, 0.1) is 6.92 Å². The first kappa shape index (κ1) is 15.2. The molecular formula is C13H14ClN3OS2. The molecule has 0 saturated carbocycles. The normalized spacial score (nSPS) is 10.5. The number of benzene rings is 1. The van der Waals surface area contributed by atoms with Crippen LogP contribution in [0.25, 0.3) is 0 Å². The molecule has 0 aliphatic rings. The van der Waals surface area contributed by atoms with Gasteiger partial charge in [0, 0.05) is 11.6 Å². The Kier molecular flexibility index (Phi) is 5.28. The van der Waals surface area contributed by atoms with Crippen molar-refractivity contribution in [2.24, 2.45) is 0 Å². The average Bonchev–Trinajstić information content (AvgIpc) is 2.74. The summed E-state index contributed by atoms with van der Waals surface area (Å²) in [4.78, 5) is 15.9. The van der Waals surface area contributed by atoms with Crippen molar-refractivity contribution < 1.29 is 4.79 Å². The first-order valence-electron chi connectivity index (χ1n) is 5.92. The maximum atomic E-state index is 11.8. The van der Waals surface area contributed by atoms with Crippen molar-refractivity contribution in [1.29, 1.82) is 0 Å². The molecule has 0 aliphatic carbocycles. The van der Waals surface area contributed by atoms with E-state index in [1.54, 1.807) is 6.07 Å². The second-order valence-corrected chi connectivity index (χ2v) is 6.76. The minimum absolute atomic E-state index is 0.0405. The molecular weight excluding hydrogens is 314 g/mol. The number of thiazole rings is 1. The van der Waals surface area contributed by atoms with Crippen molar-refractivity contribution in [3.63, 3.8) is 0 Å². The highest BCUT2D eigenvalue weighted by Crippen LogP contribution is 2.30. The number of carbonyl (C=O) groups excluding carboxylic acids is 1. The van der Waals surface area contributed by atoms with Gasteiger partial charge in [0.05, 0.1) is 15.7 Å². The predicted octanol–water partition coefficient (Wildman–Crippen LogP) is 3.10. The molecule has 2 rings (SSSR count). The van der Waals surface area contributed by atoms with Gasteiger partial charge >= 0.3 is 0 Å². The third kappa shape index (κ3) is 4.13. The third-order valence-corrected chi connectivity index (χ3v) is 5.26. The highest BCUT2D eigenvalue weighted by Gasteiger charge is 2.09. The molecule has 0 atom stereocenters. The molecule has 2 aromatic rings. The van der Waals surface area contributed by atoms with E-state index in [0.29, 0.717) is 22.5 Å².